The second kappa shape index (κ2) is 7.54. The number of ether oxygens (including phenoxy) is 1. The van der Waals surface area contributed by atoms with Crippen molar-refractivity contribution in [2.75, 3.05) is 18.0 Å². The zero-order valence-corrected chi connectivity index (χ0v) is 12.4. The molecule has 0 aliphatic rings. The maximum absolute atomic E-state index is 11.8. The molecule has 0 saturated heterocycles. The average molecular weight is 274 g/mol. The van der Waals surface area contributed by atoms with Crippen LogP contribution in [-0.2, 0) is 9.53 Å². The van der Waals surface area contributed by atoms with Gasteiger partial charge in [0.05, 0.1) is 18.9 Å². The van der Waals surface area contributed by atoms with Gasteiger partial charge in [-0.1, -0.05) is 18.2 Å². The lowest BCUT2D eigenvalue weighted by atomic mass is 10.2. The molecule has 0 aliphatic heterocycles. The fraction of sp³-hybridized carbons (Fsp3) is 0.500. The zero-order valence-electron chi connectivity index (χ0n) is 12.4. The van der Waals surface area contributed by atoms with Crippen LogP contribution >= 0.6 is 0 Å². The van der Waals surface area contributed by atoms with Crippen molar-refractivity contribution in [2.24, 2.45) is 0 Å². The van der Waals surface area contributed by atoms with Crippen molar-refractivity contribution in [3.05, 3.63) is 30.3 Å². The van der Waals surface area contributed by atoms with Gasteiger partial charge < -0.3 is 9.64 Å². The molecule has 0 unspecified atom stereocenters. The maximum atomic E-state index is 11.8. The number of carbonyl (C=O) groups is 1. The van der Waals surface area contributed by atoms with Gasteiger partial charge in [0.1, 0.15) is 5.60 Å². The van der Waals surface area contributed by atoms with E-state index in [4.69, 9.17) is 10.00 Å². The fourth-order valence-corrected chi connectivity index (χ4v) is 1.81. The van der Waals surface area contributed by atoms with Crippen molar-refractivity contribution in [1.82, 2.24) is 0 Å². The number of esters is 1. The predicted molar refractivity (Wildman–Crippen MR) is 79.3 cm³/mol. The van der Waals surface area contributed by atoms with E-state index in [0.29, 0.717) is 25.9 Å². The summed E-state index contributed by atoms with van der Waals surface area (Å²) in [5, 5.41) is 8.72. The van der Waals surface area contributed by atoms with E-state index in [0.717, 1.165) is 5.69 Å². The van der Waals surface area contributed by atoms with Crippen molar-refractivity contribution in [3.63, 3.8) is 0 Å². The molecule has 0 radical (unpaired) electrons. The van der Waals surface area contributed by atoms with Gasteiger partial charge in [-0.05, 0) is 32.9 Å². The summed E-state index contributed by atoms with van der Waals surface area (Å²) in [5.74, 6) is -0.213. The van der Waals surface area contributed by atoms with Crippen LogP contribution in [0.25, 0.3) is 0 Å². The van der Waals surface area contributed by atoms with Gasteiger partial charge in [0.2, 0.25) is 0 Å². The first-order chi connectivity index (χ1) is 9.42. The Morgan fingerprint density at radius 3 is 2.45 bits per heavy atom. The molecule has 1 aromatic carbocycles. The van der Waals surface area contributed by atoms with Gasteiger partial charge in [0.25, 0.3) is 0 Å². The van der Waals surface area contributed by atoms with E-state index in [1.807, 2.05) is 56.0 Å². The molecule has 4 heteroatoms. The van der Waals surface area contributed by atoms with Gasteiger partial charge in [0.15, 0.2) is 0 Å². The highest BCUT2D eigenvalue weighted by Gasteiger charge is 2.17. The number of hydrogen-bond acceptors (Lipinski definition) is 4. The Bertz CT molecular complexity index is 458. The van der Waals surface area contributed by atoms with Crippen molar-refractivity contribution in [3.8, 4) is 6.07 Å². The van der Waals surface area contributed by atoms with E-state index >= 15 is 0 Å². The monoisotopic (exact) mass is 274 g/mol. The standard InChI is InChI=1S/C16H22N2O2/c1-16(2,3)20-15(19)10-13-18(12-7-11-17)14-8-5-4-6-9-14/h4-6,8-9H,7,10,12-13H2,1-3H3. The second-order valence-corrected chi connectivity index (χ2v) is 5.57. The summed E-state index contributed by atoms with van der Waals surface area (Å²) >= 11 is 0. The first-order valence-electron chi connectivity index (χ1n) is 6.81. The summed E-state index contributed by atoms with van der Waals surface area (Å²) in [4.78, 5) is 13.8. The van der Waals surface area contributed by atoms with Crippen molar-refractivity contribution in [1.29, 1.82) is 5.26 Å². The quantitative estimate of drug-likeness (QED) is 0.748. The third kappa shape index (κ3) is 6.24. The van der Waals surface area contributed by atoms with Gasteiger partial charge in [-0.2, -0.15) is 5.26 Å². The van der Waals surface area contributed by atoms with E-state index in [1.165, 1.54) is 0 Å². The number of carbonyl (C=O) groups excluding carboxylic acids is 1. The van der Waals surface area contributed by atoms with Gasteiger partial charge >= 0.3 is 5.97 Å². The number of hydrogen-bond donors (Lipinski definition) is 0. The highest BCUT2D eigenvalue weighted by molar-refractivity contribution is 5.70. The van der Waals surface area contributed by atoms with Crippen LogP contribution in [0, 0.1) is 11.3 Å². The van der Waals surface area contributed by atoms with Crippen LogP contribution in [-0.4, -0.2) is 24.7 Å². The Morgan fingerprint density at radius 1 is 1.25 bits per heavy atom. The number of rotatable bonds is 6. The van der Waals surface area contributed by atoms with Gasteiger partial charge in [-0.3, -0.25) is 4.79 Å². The highest BCUT2D eigenvalue weighted by Crippen LogP contribution is 2.15. The van der Waals surface area contributed by atoms with Crippen molar-refractivity contribution < 1.29 is 9.53 Å². The highest BCUT2D eigenvalue weighted by atomic mass is 16.6. The van der Waals surface area contributed by atoms with Crippen LogP contribution in [0.1, 0.15) is 33.6 Å². The van der Waals surface area contributed by atoms with Crippen LogP contribution in [0.3, 0.4) is 0 Å². The Morgan fingerprint density at radius 2 is 1.90 bits per heavy atom. The van der Waals surface area contributed by atoms with E-state index in [2.05, 4.69) is 6.07 Å². The summed E-state index contributed by atoms with van der Waals surface area (Å²) in [6.07, 6.45) is 0.751. The van der Waals surface area contributed by atoms with Crippen LogP contribution in [0.5, 0.6) is 0 Å². The minimum Gasteiger partial charge on any atom is -0.460 e. The zero-order chi connectivity index (χ0) is 15.0. The van der Waals surface area contributed by atoms with Crippen LogP contribution in [0.15, 0.2) is 30.3 Å². The normalized spacial score (nSPS) is 10.7. The molecule has 0 aromatic heterocycles. The summed E-state index contributed by atoms with van der Waals surface area (Å²) in [7, 11) is 0. The molecule has 1 rings (SSSR count). The molecular formula is C16H22N2O2. The molecule has 0 saturated carbocycles. The molecule has 0 aliphatic carbocycles. The number of nitriles is 1. The van der Waals surface area contributed by atoms with Gasteiger partial charge in [0, 0.05) is 18.8 Å². The number of nitrogens with zero attached hydrogens (tertiary/aromatic N) is 2. The van der Waals surface area contributed by atoms with Gasteiger partial charge in [-0.25, -0.2) is 0 Å². The van der Waals surface area contributed by atoms with E-state index in [1.54, 1.807) is 0 Å². The summed E-state index contributed by atoms with van der Waals surface area (Å²) < 4.78 is 5.30. The lowest BCUT2D eigenvalue weighted by molar-refractivity contribution is -0.154. The van der Waals surface area contributed by atoms with Crippen LogP contribution < -0.4 is 4.90 Å². The van der Waals surface area contributed by atoms with E-state index in [9.17, 15) is 4.79 Å². The summed E-state index contributed by atoms with van der Waals surface area (Å²) in [5.41, 5.74) is 0.563. The third-order valence-corrected chi connectivity index (χ3v) is 2.62. The van der Waals surface area contributed by atoms with Crippen LogP contribution in [0.4, 0.5) is 5.69 Å². The first kappa shape index (κ1) is 16.0. The molecule has 0 bridgehead atoms. The number of para-hydroxylation sites is 1. The lowest BCUT2D eigenvalue weighted by Crippen LogP contribution is -2.30. The van der Waals surface area contributed by atoms with Crippen LogP contribution in [0.2, 0.25) is 0 Å². The van der Waals surface area contributed by atoms with Crippen molar-refractivity contribution in [2.45, 2.75) is 39.2 Å². The topological polar surface area (TPSA) is 53.3 Å². The molecule has 0 amide bonds. The predicted octanol–water partition coefficient (Wildman–Crippen LogP) is 3.14. The summed E-state index contributed by atoms with van der Waals surface area (Å²) in [6, 6.07) is 11.9. The fourth-order valence-electron chi connectivity index (χ4n) is 1.81. The maximum Gasteiger partial charge on any atom is 0.308 e. The van der Waals surface area contributed by atoms with E-state index < -0.39 is 5.60 Å². The molecule has 0 fully saturated rings. The van der Waals surface area contributed by atoms with Gasteiger partial charge in [-0.15, -0.1) is 0 Å². The Labute approximate surface area is 121 Å². The average Bonchev–Trinajstić information content (AvgIpc) is 2.38. The summed E-state index contributed by atoms with van der Waals surface area (Å²) in [6.45, 7) is 6.74. The van der Waals surface area contributed by atoms with Crippen molar-refractivity contribution >= 4 is 11.7 Å². The minimum atomic E-state index is -0.457. The molecule has 1 aromatic rings. The SMILES string of the molecule is CC(C)(C)OC(=O)CCN(CCC#N)c1ccccc1. The Hall–Kier alpha value is -2.02. The largest absolute Gasteiger partial charge is 0.460 e. The minimum absolute atomic E-state index is 0.213. The van der Waals surface area contributed by atoms with E-state index in [-0.39, 0.29) is 5.97 Å². The lowest BCUT2D eigenvalue weighted by Gasteiger charge is -2.25. The molecule has 0 N–H and O–H groups in total. The second-order valence-electron chi connectivity index (χ2n) is 5.57. The molecule has 20 heavy (non-hydrogen) atoms. The Balaban J connectivity index is 2.58. The molecule has 0 atom stereocenters. The molecule has 0 heterocycles. The first-order valence-corrected chi connectivity index (χ1v) is 6.81. The third-order valence-electron chi connectivity index (χ3n) is 2.62. The number of benzene rings is 1. The Kier molecular flexibility index (Phi) is 6.05. The smallest absolute Gasteiger partial charge is 0.308 e. The number of anilines is 1. The molecule has 0 spiro atoms. The molecular weight excluding hydrogens is 252 g/mol. The molecule has 108 valence electrons. The molecule has 4 nitrogen and oxygen atoms in total.